The number of anilines is 1. The number of nitrogens with one attached hydrogen (secondary N) is 1. The molecule has 5 heteroatoms. The molecule has 0 aliphatic carbocycles. The van der Waals surface area contributed by atoms with Crippen LogP contribution in [0.2, 0.25) is 0 Å². The fourth-order valence-corrected chi connectivity index (χ4v) is 2.24. The van der Waals surface area contributed by atoms with Gasteiger partial charge in [0.25, 0.3) is 0 Å². The van der Waals surface area contributed by atoms with Crippen molar-refractivity contribution in [3.63, 3.8) is 0 Å². The molecule has 3 rings (SSSR count). The van der Waals surface area contributed by atoms with Crippen LogP contribution in [0.3, 0.4) is 0 Å². The van der Waals surface area contributed by atoms with Gasteiger partial charge >= 0.3 is 0 Å². The summed E-state index contributed by atoms with van der Waals surface area (Å²) in [4.78, 5) is 8.36. The number of hydrogen-bond acceptors (Lipinski definition) is 5. The van der Waals surface area contributed by atoms with Crippen molar-refractivity contribution in [2.45, 2.75) is 19.8 Å². The minimum absolute atomic E-state index is 0.00169. The highest BCUT2D eigenvalue weighted by Crippen LogP contribution is 2.20. The van der Waals surface area contributed by atoms with Crippen molar-refractivity contribution in [3.05, 3.63) is 83.8 Å². The molecule has 1 aromatic carbocycles. The summed E-state index contributed by atoms with van der Waals surface area (Å²) in [7, 11) is 0. The van der Waals surface area contributed by atoms with Crippen LogP contribution in [0.15, 0.2) is 67.1 Å². The number of pyridine rings is 2. The molecular formula is C19H19N3O2. The summed E-state index contributed by atoms with van der Waals surface area (Å²) in [5.74, 6) is 1.59. The molecule has 0 fully saturated rings. The molecule has 0 atom stereocenters. The first-order chi connectivity index (χ1) is 11.8. The second kappa shape index (κ2) is 8.08. The second-order valence-corrected chi connectivity index (χ2v) is 5.32. The normalized spacial score (nSPS) is 10.4. The molecule has 24 heavy (non-hydrogen) atoms. The standard InChI is InChI=1S/C19H19N3O2/c23-13-15-7-8-19(21-11-15)22-12-17-5-1-2-6-18(17)24-14-16-4-3-9-20-10-16/h1-11,23H,12-14H2,(H,21,22). The van der Waals surface area contributed by atoms with E-state index < -0.39 is 0 Å². The molecule has 2 N–H and O–H groups in total. The van der Waals surface area contributed by atoms with Crippen molar-refractivity contribution in [3.8, 4) is 5.75 Å². The third-order valence-corrected chi connectivity index (χ3v) is 3.56. The number of aromatic nitrogens is 2. The van der Waals surface area contributed by atoms with E-state index in [0.29, 0.717) is 13.2 Å². The molecule has 0 spiro atoms. The van der Waals surface area contributed by atoms with Crippen molar-refractivity contribution < 1.29 is 9.84 Å². The van der Waals surface area contributed by atoms with E-state index in [-0.39, 0.29) is 6.61 Å². The fourth-order valence-electron chi connectivity index (χ4n) is 2.24. The molecule has 0 aliphatic rings. The number of aliphatic hydroxyl groups is 1. The van der Waals surface area contributed by atoms with Crippen LogP contribution in [-0.4, -0.2) is 15.1 Å². The average molecular weight is 321 g/mol. The topological polar surface area (TPSA) is 67.3 Å². The molecule has 0 bridgehead atoms. The summed E-state index contributed by atoms with van der Waals surface area (Å²) in [6.45, 7) is 1.08. The van der Waals surface area contributed by atoms with Crippen molar-refractivity contribution in [2.24, 2.45) is 0 Å². The maximum Gasteiger partial charge on any atom is 0.126 e. The van der Waals surface area contributed by atoms with Gasteiger partial charge in [-0.1, -0.05) is 30.3 Å². The van der Waals surface area contributed by atoms with Crippen molar-refractivity contribution in [2.75, 3.05) is 5.32 Å². The number of benzene rings is 1. The molecule has 0 aliphatic heterocycles. The molecule has 0 unspecified atom stereocenters. The number of aliphatic hydroxyl groups excluding tert-OH is 1. The lowest BCUT2D eigenvalue weighted by atomic mass is 10.2. The minimum atomic E-state index is -0.00169. The van der Waals surface area contributed by atoms with Crippen molar-refractivity contribution in [1.82, 2.24) is 9.97 Å². The molecule has 3 aromatic rings. The first-order valence-electron chi connectivity index (χ1n) is 7.74. The van der Waals surface area contributed by atoms with Crippen molar-refractivity contribution >= 4 is 5.82 Å². The van der Waals surface area contributed by atoms with E-state index in [1.165, 1.54) is 0 Å². The molecule has 0 saturated heterocycles. The SMILES string of the molecule is OCc1ccc(NCc2ccccc2OCc2cccnc2)nc1. The van der Waals surface area contributed by atoms with Gasteiger partial charge in [0.1, 0.15) is 18.2 Å². The first-order valence-corrected chi connectivity index (χ1v) is 7.74. The zero-order valence-electron chi connectivity index (χ0n) is 13.2. The van der Waals surface area contributed by atoms with Crippen LogP contribution < -0.4 is 10.1 Å². The predicted octanol–water partition coefficient (Wildman–Crippen LogP) is 3.16. The van der Waals surface area contributed by atoms with E-state index in [9.17, 15) is 0 Å². The highest BCUT2D eigenvalue weighted by molar-refractivity contribution is 5.40. The Labute approximate surface area is 141 Å². The maximum absolute atomic E-state index is 9.04. The van der Waals surface area contributed by atoms with Gasteiger partial charge in [0, 0.05) is 36.3 Å². The van der Waals surface area contributed by atoms with Crippen LogP contribution >= 0.6 is 0 Å². The van der Waals surface area contributed by atoms with E-state index in [0.717, 1.165) is 28.3 Å². The fraction of sp³-hybridized carbons (Fsp3) is 0.158. The van der Waals surface area contributed by atoms with Gasteiger partial charge in [-0.3, -0.25) is 4.98 Å². The molecule has 5 nitrogen and oxygen atoms in total. The Kier molecular flexibility index (Phi) is 5.37. The lowest BCUT2D eigenvalue weighted by molar-refractivity contribution is 0.281. The van der Waals surface area contributed by atoms with Crippen molar-refractivity contribution in [1.29, 1.82) is 0 Å². The van der Waals surface area contributed by atoms with Gasteiger partial charge in [0.2, 0.25) is 0 Å². The Bertz CT molecular complexity index is 761. The Hall–Kier alpha value is -2.92. The highest BCUT2D eigenvalue weighted by atomic mass is 16.5. The number of ether oxygens (including phenoxy) is 1. The predicted molar refractivity (Wildman–Crippen MR) is 92.5 cm³/mol. The summed E-state index contributed by atoms with van der Waals surface area (Å²) >= 11 is 0. The Morgan fingerprint density at radius 1 is 0.958 bits per heavy atom. The molecule has 2 aromatic heterocycles. The van der Waals surface area contributed by atoms with Crippen LogP contribution in [0.5, 0.6) is 5.75 Å². The van der Waals surface area contributed by atoms with E-state index in [2.05, 4.69) is 15.3 Å². The second-order valence-electron chi connectivity index (χ2n) is 5.32. The first kappa shape index (κ1) is 16.0. The number of nitrogens with zero attached hydrogens (tertiary/aromatic N) is 2. The van der Waals surface area contributed by atoms with Gasteiger partial charge in [-0.15, -0.1) is 0 Å². The molecule has 2 heterocycles. The summed E-state index contributed by atoms with van der Waals surface area (Å²) < 4.78 is 5.91. The average Bonchev–Trinajstić information content (AvgIpc) is 2.66. The Morgan fingerprint density at radius 3 is 2.62 bits per heavy atom. The molecule has 122 valence electrons. The highest BCUT2D eigenvalue weighted by Gasteiger charge is 2.04. The van der Waals surface area contributed by atoms with E-state index >= 15 is 0 Å². The number of rotatable bonds is 7. The lowest BCUT2D eigenvalue weighted by Crippen LogP contribution is -2.05. The van der Waals surface area contributed by atoms with Crippen LogP contribution in [0, 0.1) is 0 Å². The van der Waals surface area contributed by atoms with Gasteiger partial charge in [0.15, 0.2) is 0 Å². The van der Waals surface area contributed by atoms with Gasteiger partial charge in [0.05, 0.1) is 6.61 Å². The van der Waals surface area contributed by atoms with E-state index in [4.69, 9.17) is 9.84 Å². The van der Waals surface area contributed by atoms with Gasteiger partial charge in [-0.25, -0.2) is 4.98 Å². The quantitative estimate of drug-likeness (QED) is 0.700. The van der Waals surface area contributed by atoms with E-state index in [1.807, 2.05) is 48.5 Å². The van der Waals surface area contributed by atoms with E-state index in [1.54, 1.807) is 18.6 Å². The van der Waals surface area contributed by atoms with Crippen LogP contribution in [0.4, 0.5) is 5.82 Å². The molecular weight excluding hydrogens is 302 g/mol. The largest absolute Gasteiger partial charge is 0.488 e. The Morgan fingerprint density at radius 2 is 1.88 bits per heavy atom. The third-order valence-electron chi connectivity index (χ3n) is 3.56. The van der Waals surface area contributed by atoms with Crippen LogP contribution in [0.25, 0.3) is 0 Å². The maximum atomic E-state index is 9.04. The third kappa shape index (κ3) is 4.30. The lowest BCUT2D eigenvalue weighted by Gasteiger charge is -2.12. The molecule has 0 saturated carbocycles. The van der Waals surface area contributed by atoms with Gasteiger partial charge in [-0.2, -0.15) is 0 Å². The number of hydrogen-bond donors (Lipinski definition) is 2. The zero-order valence-corrected chi connectivity index (χ0v) is 13.2. The monoisotopic (exact) mass is 321 g/mol. The summed E-state index contributed by atoms with van der Waals surface area (Å²) in [5, 5.41) is 12.3. The summed E-state index contributed by atoms with van der Waals surface area (Å²) in [5.41, 5.74) is 2.87. The molecule has 0 radical (unpaired) electrons. The summed E-state index contributed by atoms with van der Waals surface area (Å²) in [6, 6.07) is 15.5. The van der Waals surface area contributed by atoms with Gasteiger partial charge in [-0.05, 0) is 23.8 Å². The molecule has 0 amide bonds. The Balaban J connectivity index is 1.63. The summed E-state index contributed by atoms with van der Waals surface area (Å²) in [6.07, 6.45) is 5.21. The van der Waals surface area contributed by atoms with Gasteiger partial charge < -0.3 is 15.2 Å². The van der Waals surface area contributed by atoms with Crippen LogP contribution in [-0.2, 0) is 19.8 Å². The number of para-hydroxylation sites is 1. The zero-order chi connectivity index (χ0) is 16.6. The minimum Gasteiger partial charge on any atom is -0.488 e. The van der Waals surface area contributed by atoms with Crippen LogP contribution in [0.1, 0.15) is 16.7 Å². The smallest absolute Gasteiger partial charge is 0.126 e.